The maximum Gasteiger partial charge on any atom is 0.171 e. The molecule has 3 nitrogen and oxygen atoms in total. The molecule has 0 saturated heterocycles. The minimum Gasteiger partial charge on any atom is -0.453 e. The Kier molecular flexibility index (Phi) is 2.84. The highest BCUT2D eigenvalue weighted by molar-refractivity contribution is 6.34. The summed E-state index contributed by atoms with van der Waals surface area (Å²) >= 11 is 6.05. The third-order valence-corrected chi connectivity index (χ3v) is 3.24. The quantitative estimate of drug-likeness (QED) is 0.651. The Labute approximate surface area is 114 Å². The lowest BCUT2D eigenvalue weighted by molar-refractivity contribution is 0.101. The Morgan fingerprint density at radius 2 is 1.95 bits per heavy atom. The number of rotatable bonds is 2. The first-order chi connectivity index (χ1) is 9.15. The molecule has 0 spiro atoms. The monoisotopic (exact) mass is 271 g/mol. The predicted octanol–water partition coefficient (Wildman–Crippen LogP) is 4.35. The number of hydrogen-bond donors (Lipinski definition) is 0. The number of fused-ring (bicyclic) bond motifs is 1. The van der Waals surface area contributed by atoms with Crippen LogP contribution in [-0.4, -0.2) is 10.8 Å². The van der Waals surface area contributed by atoms with Crippen LogP contribution in [0, 0.1) is 0 Å². The molecule has 0 radical (unpaired) electrons. The molecule has 2 aromatic heterocycles. The molecule has 4 heteroatoms. The van der Waals surface area contributed by atoms with Crippen LogP contribution in [0.25, 0.3) is 22.4 Å². The van der Waals surface area contributed by atoms with Crippen molar-refractivity contribution in [1.82, 2.24) is 4.98 Å². The second kappa shape index (κ2) is 4.52. The number of aromatic nitrogens is 1. The summed E-state index contributed by atoms with van der Waals surface area (Å²) in [7, 11) is 0. The highest BCUT2D eigenvalue weighted by Crippen LogP contribution is 2.30. The van der Waals surface area contributed by atoms with Gasteiger partial charge in [0.25, 0.3) is 0 Å². The number of Topliss-reactive ketones (excluding diaryl/α,β-unsaturated/α-hetero) is 1. The van der Waals surface area contributed by atoms with E-state index in [1.54, 1.807) is 31.3 Å². The Morgan fingerprint density at radius 3 is 2.58 bits per heavy atom. The summed E-state index contributed by atoms with van der Waals surface area (Å²) in [6.07, 6.45) is 1.64. The van der Waals surface area contributed by atoms with Crippen LogP contribution in [0.4, 0.5) is 0 Å². The molecule has 0 saturated carbocycles. The van der Waals surface area contributed by atoms with E-state index in [2.05, 4.69) is 4.98 Å². The Bertz CT molecular complexity index is 759. The topological polar surface area (TPSA) is 43.1 Å². The van der Waals surface area contributed by atoms with Crippen LogP contribution in [0.1, 0.15) is 17.3 Å². The van der Waals surface area contributed by atoms with E-state index >= 15 is 0 Å². The van der Waals surface area contributed by atoms with Crippen molar-refractivity contribution in [3.8, 4) is 11.3 Å². The number of ketones is 1. The first-order valence-electron chi connectivity index (χ1n) is 5.80. The summed E-state index contributed by atoms with van der Waals surface area (Å²) in [4.78, 5) is 15.4. The summed E-state index contributed by atoms with van der Waals surface area (Å²) in [6, 6.07) is 10.8. The van der Waals surface area contributed by atoms with Gasteiger partial charge in [-0.3, -0.25) is 9.78 Å². The van der Waals surface area contributed by atoms with Crippen LogP contribution in [-0.2, 0) is 0 Å². The summed E-state index contributed by atoms with van der Waals surface area (Å²) in [5, 5.41) is 0.539. The van der Waals surface area contributed by atoms with Gasteiger partial charge in [-0.15, -0.1) is 0 Å². The van der Waals surface area contributed by atoms with Crippen molar-refractivity contribution in [3.05, 3.63) is 53.2 Å². The standard InChI is InChI=1S/C15H10ClNO2/c1-9(18)10-2-4-11(5-3-10)14-8-13-15(19-14)12(16)6-7-17-13/h2-8H,1H3. The molecule has 0 aliphatic rings. The van der Waals surface area contributed by atoms with Gasteiger partial charge in [-0.05, 0) is 13.0 Å². The Morgan fingerprint density at radius 1 is 1.21 bits per heavy atom. The van der Waals surface area contributed by atoms with Crippen LogP contribution < -0.4 is 0 Å². The Balaban J connectivity index is 2.09. The zero-order chi connectivity index (χ0) is 13.4. The average Bonchev–Trinajstić information content (AvgIpc) is 2.84. The van der Waals surface area contributed by atoms with Crippen LogP contribution in [0.3, 0.4) is 0 Å². The fourth-order valence-electron chi connectivity index (χ4n) is 1.92. The molecule has 0 aliphatic heterocycles. The molecule has 0 aliphatic carbocycles. The van der Waals surface area contributed by atoms with Crippen molar-refractivity contribution in [2.75, 3.05) is 0 Å². The third-order valence-electron chi connectivity index (χ3n) is 2.94. The number of furan rings is 1. The van der Waals surface area contributed by atoms with Gasteiger partial charge in [0, 0.05) is 23.4 Å². The molecule has 3 rings (SSSR count). The van der Waals surface area contributed by atoms with Crippen LogP contribution in [0.15, 0.2) is 47.0 Å². The molecular weight excluding hydrogens is 262 g/mol. The largest absolute Gasteiger partial charge is 0.453 e. The van der Waals surface area contributed by atoms with Gasteiger partial charge in [0.05, 0.1) is 5.02 Å². The molecule has 2 heterocycles. The maximum atomic E-state index is 11.2. The molecule has 19 heavy (non-hydrogen) atoms. The van der Waals surface area contributed by atoms with Crippen molar-refractivity contribution >= 4 is 28.5 Å². The van der Waals surface area contributed by atoms with E-state index in [4.69, 9.17) is 16.0 Å². The summed E-state index contributed by atoms with van der Waals surface area (Å²) in [5.41, 5.74) is 2.86. The predicted molar refractivity (Wildman–Crippen MR) is 74.5 cm³/mol. The van der Waals surface area contributed by atoms with E-state index in [0.717, 1.165) is 11.1 Å². The van der Waals surface area contributed by atoms with E-state index in [1.807, 2.05) is 18.2 Å². The fourth-order valence-corrected chi connectivity index (χ4v) is 2.11. The molecule has 3 aromatic rings. The number of carbonyl (C=O) groups is 1. The van der Waals surface area contributed by atoms with Crippen LogP contribution >= 0.6 is 11.6 Å². The van der Waals surface area contributed by atoms with Gasteiger partial charge in [0.1, 0.15) is 11.3 Å². The van der Waals surface area contributed by atoms with E-state index in [0.29, 0.717) is 21.9 Å². The zero-order valence-electron chi connectivity index (χ0n) is 10.2. The number of nitrogens with zero attached hydrogens (tertiary/aromatic N) is 1. The first-order valence-corrected chi connectivity index (χ1v) is 6.18. The second-order valence-electron chi connectivity index (χ2n) is 4.25. The number of benzene rings is 1. The maximum absolute atomic E-state index is 11.2. The van der Waals surface area contributed by atoms with Gasteiger partial charge in [-0.25, -0.2) is 0 Å². The Hall–Kier alpha value is -2.13. The molecule has 94 valence electrons. The molecule has 0 N–H and O–H groups in total. The van der Waals surface area contributed by atoms with Crippen molar-refractivity contribution in [1.29, 1.82) is 0 Å². The minimum atomic E-state index is 0.0425. The molecule has 0 bridgehead atoms. The smallest absolute Gasteiger partial charge is 0.171 e. The number of hydrogen-bond acceptors (Lipinski definition) is 3. The van der Waals surface area contributed by atoms with Gasteiger partial charge in [-0.1, -0.05) is 35.9 Å². The highest BCUT2D eigenvalue weighted by atomic mass is 35.5. The fraction of sp³-hybridized carbons (Fsp3) is 0.0667. The molecule has 0 atom stereocenters. The van der Waals surface area contributed by atoms with E-state index in [1.165, 1.54) is 0 Å². The van der Waals surface area contributed by atoms with Crippen molar-refractivity contribution in [3.63, 3.8) is 0 Å². The lowest BCUT2D eigenvalue weighted by Gasteiger charge is -1.98. The average molecular weight is 272 g/mol. The van der Waals surface area contributed by atoms with Gasteiger partial charge in [-0.2, -0.15) is 0 Å². The van der Waals surface area contributed by atoms with E-state index < -0.39 is 0 Å². The second-order valence-corrected chi connectivity index (χ2v) is 4.66. The van der Waals surface area contributed by atoms with Crippen molar-refractivity contribution in [2.45, 2.75) is 6.92 Å². The third kappa shape index (κ3) is 2.13. The number of carbonyl (C=O) groups excluding carboxylic acids is 1. The van der Waals surface area contributed by atoms with E-state index in [9.17, 15) is 4.79 Å². The minimum absolute atomic E-state index is 0.0425. The van der Waals surface area contributed by atoms with Crippen LogP contribution in [0.5, 0.6) is 0 Å². The van der Waals surface area contributed by atoms with Gasteiger partial charge in [0.15, 0.2) is 11.4 Å². The van der Waals surface area contributed by atoms with E-state index in [-0.39, 0.29) is 5.78 Å². The highest BCUT2D eigenvalue weighted by Gasteiger charge is 2.10. The summed E-state index contributed by atoms with van der Waals surface area (Å²) in [5.74, 6) is 0.728. The molecule has 0 fully saturated rings. The number of pyridine rings is 1. The SMILES string of the molecule is CC(=O)c1ccc(-c2cc3nccc(Cl)c3o2)cc1. The summed E-state index contributed by atoms with van der Waals surface area (Å²) in [6.45, 7) is 1.54. The first kappa shape index (κ1) is 11.9. The van der Waals surface area contributed by atoms with Gasteiger partial charge in [0.2, 0.25) is 0 Å². The molecular formula is C15H10ClNO2. The lowest BCUT2D eigenvalue weighted by atomic mass is 10.1. The van der Waals surface area contributed by atoms with Crippen molar-refractivity contribution in [2.24, 2.45) is 0 Å². The lowest BCUT2D eigenvalue weighted by Crippen LogP contribution is -1.90. The summed E-state index contributed by atoms with van der Waals surface area (Å²) < 4.78 is 5.71. The van der Waals surface area contributed by atoms with Crippen LogP contribution in [0.2, 0.25) is 5.02 Å². The van der Waals surface area contributed by atoms with Gasteiger partial charge >= 0.3 is 0 Å². The van der Waals surface area contributed by atoms with Gasteiger partial charge < -0.3 is 4.42 Å². The molecule has 0 amide bonds. The zero-order valence-corrected chi connectivity index (χ0v) is 10.9. The normalized spacial score (nSPS) is 10.8. The number of halogens is 1. The molecule has 1 aromatic carbocycles. The molecule has 0 unspecified atom stereocenters. The van der Waals surface area contributed by atoms with Crippen molar-refractivity contribution < 1.29 is 9.21 Å².